The zero-order chi connectivity index (χ0) is 15.7. The van der Waals surface area contributed by atoms with Crippen molar-refractivity contribution in [1.29, 1.82) is 5.26 Å². The van der Waals surface area contributed by atoms with Crippen molar-refractivity contribution in [2.45, 2.75) is 0 Å². The highest BCUT2D eigenvalue weighted by atomic mass is 19.2. The van der Waals surface area contributed by atoms with E-state index in [-0.39, 0.29) is 11.3 Å². The minimum absolute atomic E-state index is 0.0169. The molecule has 0 N–H and O–H groups in total. The van der Waals surface area contributed by atoms with Crippen molar-refractivity contribution in [3.63, 3.8) is 0 Å². The van der Waals surface area contributed by atoms with Gasteiger partial charge in [0.2, 0.25) is 5.82 Å². The third kappa shape index (κ3) is 2.29. The van der Waals surface area contributed by atoms with Gasteiger partial charge in [0, 0.05) is 7.05 Å². The Morgan fingerprint density at radius 3 is 1.86 bits per heavy atom. The second-order valence-corrected chi connectivity index (χ2v) is 4.11. The van der Waals surface area contributed by atoms with Crippen LogP contribution in [0, 0.1) is 40.4 Å². The van der Waals surface area contributed by atoms with Gasteiger partial charge < -0.3 is 4.90 Å². The maximum Gasteiger partial charge on any atom is 0.200 e. The zero-order valence-electron chi connectivity index (χ0n) is 10.6. The standard InChI is InChI=1S/C14H7F5N2/c1-21(8-5-3-2-4-7(8)6-20)14-12(18)10(16)9(15)11(17)13(14)19/h2-5H,1H3. The summed E-state index contributed by atoms with van der Waals surface area (Å²) in [5.74, 6) is -10.2. The maximum atomic E-state index is 13.7. The van der Waals surface area contributed by atoms with Gasteiger partial charge in [0.1, 0.15) is 11.8 Å². The van der Waals surface area contributed by atoms with Crippen LogP contribution in [0.3, 0.4) is 0 Å². The van der Waals surface area contributed by atoms with Crippen molar-refractivity contribution in [1.82, 2.24) is 0 Å². The monoisotopic (exact) mass is 298 g/mol. The molecule has 0 aliphatic heterocycles. The summed E-state index contributed by atoms with van der Waals surface area (Å²) < 4.78 is 66.9. The van der Waals surface area contributed by atoms with Crippen LogP contribution in [0.2, 0.25) is 0 Å². The Morgan fingerprint density at radius 1 is 0.857 bits per heavy atom. The fraction of sp³-hybridized carbons (Fsp3) is 0.0714. The van der Waals surface area contributed by atoms with Crippen LogP contribution >= 0.6 is 0 Å². The molecule has 0 heterocycles. The second-order valence-electron chi connectivity index (χ2n) is 4.11. The van der Waals surface area contributed by atoms with Crippen LogP contribution in [0.15, 0.2) is 24.3 Å². The van der Waals surface area contributed by atoms with Crippen molar-refractivity contribution in [3.05, 3.63) is 58.9 Å². The molecule has 2 nitrogen and oxygen atoms in total. The molecule has 0 unspecified atom stereocenters. The quantitative estimate of drug-likeness (QED) is 0.475. The molecule has 0 spiro atoms. The first-order valence-corrected chi connectivity index (χ1v) is 5.64. The van der Waals surface area contributed by atoms with E-state index in [2.05, 4.69) is 0 Å². The molecule has 0 aromatic heterocycles. The van der Waals surface area contributed by atoms with E-state index < -0.39 is 34.8 Å². The van der Waals surface area contributed by atoms with E-state index in [1.54, 1.807) is 6.07 Å². The first kappa shape index (κ1) is 14.8. The van der Waals surface area contributed by atoms with E-state index >= 15 is 0 Å². The van der Waals surface area contributed by atoms with Gasteiger partial charge in [-0.25, -0.2) is 22.0 Å². The van der Waals surface area contributed by atoms with Gasteiger partial charge in [-0.15, -0.1) is 0 Å². The normalized spacial score (nSPS) is 10.3. The third-order valence-electron chi connectivity index (χ3n) is 2.91. The Hall–Kier alpha value is -2.62. The molecule has 0 fully saturated rings. The summed E-state index contributed by atoms with van der Waals surface area (Å²) in [6.45, 7) is 0. The first-order valence-electron chi connectivity index (χ1n) is 5.64. The van der Waals surface area contributed by atoms with Gasteiger partial charge in [-0.3, -0.25) is 0 Å². The number of nitriles is 1. The number of hydrogen-bond acceptors (Lipinski definition) is 2. The van der Waals surface area contributed by atoms with Crippen LogP contribution in [-0.4, -0.2) is 7.05 Å². The van der Waals surface area contributed by atoms with Crippen molar-refractivity contribution < 1.29 is 22.0 Å². The Bertz CT molecular complexity index is 723. The largest absolute Gasteiger partial charge is 0.339 e. The first-order chi connectivity index (χ1) is 9.90. The number of nitrogens with zero attached hydrogens (tertiary/aromatic N) is 2. The zero-order valence-corrected chi connectivity index (χ0v) is 10.6. The van der Waals surface area contributed by atoms with Crippen molar-refractivity contribution in [2.75, 3.05) is 11.9 Å². The van der Waals surface area contributed by atoms with E-state index in [0.717, 1.165) is 11.9 Å². The molecule has 2 rings (SSSR count). The number of hydrogen-bond donors (Lipinski definition) is 0. The van der Waals surface area contributed by atoms with Crippen molar-refractivity contribution >= 4 is 11.4 Å². The fourth-order valence-electron chi connectivity index (χ4n) is 1.87. The Kier molecular flexibility index (Phi) is 3.80. The highest BCUT2D eigenvalue weighted by Gasteiger charge is 2.28. The Balaban J connectivity index is 2.70. The third-order valence-corrected chi connectivity index (χ3v) is 2.91. The number of benzene rings is 2. The van der Waals surface area contributed by atoms with Crippen LogP contribution in [0.1, 0.15) is 5.56 Å². The molecule has 0 atom stereocenters. The van der Waals surface area contributed by atoms with E-state index in [9.17, 15) is 22.0 Å². The fourth-order valence-corrected chi connectivity index (χ4v) is 1.87. The smallest absolute Gasteiger partial charge is 0.200 e. The van der Waals surface area contributed by atoms with E-state index in [1.165, 1.54) is 24.3 Å². The minimum atomic E-state index is -2.23. The lowest BCUT2D eigenvalue weighted by Crippen LogP contribution is -2.17. The predicted molar refractivity (Wildman–Crippen MR) is 65.5 cm³/mol. The van der Waals surface area contributed by atoms with E-state index in [0.29, 0.717) is 0 Å². The van der Waals surface area contributed by atoms with Crippen LogP contribution in [0.5, 0.6) is 0 Å². The highest BCUT2D eigenvalue weighted by molar-refractivity contribution is 5.69. The van der Waals surface area contributed by atoms with Gasteiger partial charge in [-0.1, -0.05) is 12.1 Å². The molecule has 0 radical (unpaired) electrons. The lowest BCUT2D eigenvalue weighted by molar-refractivity contribution is 0.380. The molecular formula is C14H7F5N2. The van der Waals surface area contributed by atoms with Gasteiger partial charge in [-0.05, 0) is 12.1 Å². The lowest BCUT2D eigenvalue weighted by atomic mass is 10.1. The molecule has 0 bridgehead atoms. The van der Waals surface area contributed by atoms with Crippen molar-refractivity contribution in [2.24, 2.45) is 0 Å². The molecule has 2 aromatic rings. The molecular weight excluding hydrogens is 291 g/mol. The van der Waals surface area contributed by atoms with Crippen LogP contribution in [-0.2, 0) is 0 Å². The summed E-state index contributed by atoms with van der Waals surface area (Å²) in [5, 5.41) is 8.93. The second kappa shape index (κ2) is 5.40. The summed E-state index contributed by atoms with van der Waals surface area (Å²) in [4.78, 5) is 0.745. The van der Waals surface area contributed by atoms with Crippen LogP contribution in [0.25, 0.3) is 0 Å². The predicted octanol–water partition coefficient (Wildman–Crippen LogP) is 4.02. The number of anilines is 2. The van der Waals surface area contributed by atoms with Crippen LogP contribution in [0.4, 0.5) is 33.3 Å². The number of halogens is 5. The Morgan fingerprint density at radius 2 is 1.33 bits per heavy atom. The molecule has 0 amide bonds. The summed E-state index contributed by atoms with van der Waals surface area (Å²) in [6, 6.07) is 7.45. The molecule has 0 saturated heterocycles. The SMILES string of the molecule is CN(c1ccccc1C#N)c1c(F)c(F)c(F)c(F)c1F. The number of rotatable bonds is 2. The number of para-hydroxylation sites is 1. The average Bonchev–Trinajstić information content (AvgIpc) is 2.51. The lowest BCUT2D eigenvalue weighted by Gasteiger charge is -2.22. The van der Waals surface area contributed by atoms with Gasteiger partial charge in [0.25, 0.3) is 0 Å². The van der Waals surface area contributed by atoms with Gasteiger partial charge >= 0.3 is 0 Å². The topological polar surface area (TPSA) is 27.0 Å². The molecule has 2 aromatic carbocycles. The van der Waals surface area contributed by atoms with E-state index in [1.807, 2.05) is 0 Å². The average molecular weight is 298 g/mol. The highest BCUT2D eigenvalue weighted by Crippen LogP contribution is 2.34. The van der Waals surface area contributed by atoms with Gasteiger partial charge in [0.05, 0.1) is 11.3 Å². The molecule has 108 valence electrons. The molecule has 7 heteroatoms. The van der Waals surface area contributed by atoms with Crippen molar-refractivity contribution in [3.8, 4) is 6.07 Å². The molecule has 0 aliphatic carbocycles. The minimum Gasteiger partial charge on any atom is -0.339 e. The summed E-state index contributed by atoms with van der Waals surface area (Å²) in [7, 11) is 1.11. The van der Waals surface area contributed by atoms with Crippen LogP contribution < -0.4 is 4.90 Å². The summed E-state index contributed by atoms with van der Waals surface area (Å²) in [5.41, 5.74) is -1.07. The Labute approximate surface area is 116 Å². The molecule has 0 aliphatic rings. The summed E-state index contributed by atoms with van der Waals surface area (Å²) >= 11 is 0. The maximum absolute atomic E-state index is 13.7. The van der Waals surface area contributed by atoms with Gasteiger partial charge in [0.15, 0.2) is 23.3 Å². The molecule has 21 heavy (non-hydrogen) atoms. The van der Waals surface area contributed by atoms with Gasteiger partial charge in [-0.2, -0.15) is 5.26 Å². The van der Waals surface area contributed by atoms with E-state index in [4.69, 9.17) is 5.26 Å². The molecule has 0 saturated carbocycles. The summed E-state index contributed by atoms with van der Waals surface area (Å²) in [6.07, 6.45) is 0.